The summed E-state index contributed by atoms with van der Waals surface area (Å²) in [6.07, 6.45) is 6.82. The molecule has 0 spiro atoms. The average Bonchev–Trinajstić information content (AvgIpc) is 2.79. The van der Waals surface area contributed by atoms with E-state index in [9.17, 15) is 0 Å². The Balaban J connectivity index is 2.35. The summed E-state index contributed by atoms with van der Waals surface area (Å²) in [7, 11) is 3.86. The number of hydrogen-bond donors (Lipinski definition) is 1. The molecule has 18 heavy (non-hydrogen) atoms. The van der Waals surface area contributed by atoms with E-state index in [1.54, 1.807) is 0 Å². The molecule has 1 fully saturated rings. The van der Waals surface area contributed by atoms with Gasteiger partial charge in [-0.05, 0) is 44.6 Å². The van der Waals surface area contributed by atoms with Crippen molar-refractivity contribution in [1.82, 2.24) is 5.32 Å². The van der Waals surface area contributed by atoms with Crippen LogP contribution in [0.15, 0.2) is 0 Å². The minimum atomic E-state index is 0.173. The van der Waals surface area contributed by atoms with Crippen LogP contribution in [0.2, 0.25) is 0 Å². The summed E-state index contributed by atoms with van der Waals surface area (Å²) in [6.45, 7) is 7.69. The van der Waals surface area contributed by atoms with Gasteiger partial charge in [-0.15, -0.1) is 0 Å². The SMILES string of the molecule is CNC(CCCC1CCCO1)C(OC)C(C)(C)C. The highest BCUT2D eigenvalue weighted by atomic mass is 16.5. The number of nitrogens with one attached hydrogen (secondary N) is 1. The minimum Gasteiger partial charge on any atom is -0.379 e. The van der Waals surface area contributed by atoms with Crippen LogP contribution < -0.4 is 5.32 Å². The summed E-state index contributed by atoms with van der Waals surface area (Å²) >= 11 is 0. The Bertz CT molecular complexity index is 219. The number of likely N-dealkylation sites (N-methyl/N-ethyl adjacent to an activating group) is 1. The molecule has 0 saturated carbocycles. The maximum Gasteiger partial charge on any atom is 0.0772 e. The van der Waals surface area contributed by atoms with Gasteiger partial charge in [0, 0.05) is 19.8 Å². The summed E-state index contributed by atoms with van der Waals surface area (Å²) in [6, 6.07) is 0.427. The lowest BCUT2D eigenvalue weighted by Crippen LogP contribution is -2.46. The van der Waals surface area contributed by atoms with Gasteiger partial charge in [0.05, 0.1) is 12.2 Å². The fraction of sp³-hybridized carbons (Fsp3) is 1.00. The third kappa shape index (κ3) is 4.87. The zero-order chi connectivity index (χ0) is 13.6. The topological polar surface area (TPSA) is 30.5 Å². The molecule has 3 atom stereocenters. The molecule has 1 N–H and O–H groups in total. The number of methoxy groups -OCH3 is 1. The molecule has 1 rings (SSSR count). The smallest absolute Gasteiger partial charge is 0.0772 e. The molecule has 0 radical (unpaired) electrons. The van der Waals surface area contributed by atoms with Crippen LogP contribution >= 0.6 is 0 Å². The maximum absolute atomic E-state index is 5.70. The van der Waals surface area contributed by atoms with Gasteiger partial charge in [-0.1, -0.05) is 20.8 Å². The zero-order valence-corrected chi connectivity index (χ0v) is 12.8. The Morgan fingerprint density at radius 2 is 2.11 bits per heavy atom. The zero-order valence-electron chi connectivity index (χ0n) is 12.8. The summed E-state index contributed by atoms with van der Waals surface area (Å²) in [5.74, 6) is 0. The highest BCUT2D eigenvalue weighted by molar-refractivity contribution is 4.85. The van der Waals surface area contributed by atoms with Crippen LogP contribution in [0.5, 0.6) is 0 Å². The molecule has 0 aromatic carbocycles. The van der Waals surface area contributed by atoms with E-state index in [1.165, 1.54) is 25.7 Å². The van der Waals surface area contributed by atoms with Gasteiger partial charge in [0.1, 0.15) is 0 Å². The molecule has 108 valence electrons. The van der Waals surface area contributed by atoms with Crippen LogP contribution in [-0.4, -0.2) is 39.0 Å². The molecule has 1 saturated heterocycles. The Hall–Kier alpha value is -0.120. The second-order valence-corrected chi connectivity index (χ2v) is 6.48. The lowest BCUT2D eigenvalue weighted by atomic mass is 9.82. The van der Waals surface area contributed by atoms with E-state index in [-0.39, 0.29) is 11.5 Å². The van der Waals surface area contributed by atoms with Crippen molar-refractivity contribution in [3.05, 3.63) is 0 Å². The predicted octanol–water partition coefficient (Wildman–Crippen LogP) is 2.98. The molecule has 0 aliphatic carbocycles. The third-order valence-corrected chi connectivity index (χ3v) is 3.91. The Kier molecular flexibility index (Phi) is 6.61. The highest BCUT2D eigenvalue weighted by Gasteiger charge is 2.31. The lowest BCUT2D eigenvalue weighted by molar-refractivity contribution is -0.0127. The van der Waals surface area contributed by atoms with Crippen molar-refractivity contribution in [2.24, 2.45) is 5.41 Å². The van der Waals surface area contributed by atoms with Crippen molar-refractivity contribution < 1.29 is 9.47 Å². The Morgan fingerprint density at radius 1 is 1.39 bits per heavy atom. The van der Waals surface area contributed by atoms with Crippen LogP contribution in [-0.2, 0) is 9.47 Å². The number of hydrogen-bond acceptors (Lipinski definition) is 3. The van der Waals surface area contributed by atoms with Crippen molar-refractivity contribution in [2.75, 3.05) is 20.8 Å². The second-order valence-electron chi connectivity index (χ2n) is 6.48. The maximum atomic E-state index is 5.70. The fourth-order valence-electron chi connectivity index (χ4n) is 3.01. The van der Waals surface area contributed by atoms with E-state index in [0.717, 1.165) is 13.0 Å². The molecule has 3 nitrogen and oxygen atoms in total. The van der Waals surface area contributed by atoms with Gasteiger partial charge in [0.25, 0.3) is 0 Å². The molecule has 0 aromatic rings. The molecular weight excluding hydrogens is 226 g/mol. The van der Waals surface area contributed by atoms with Crippen LogP contribution in [0.1, 0.15) is 52.9 Å². The largest absolute Gasteiger partial charge is 0.379 e. The molecule has 1 aliphatic heterocycles. The first-order valence-electron chi connectivity index (χ1n) is 7.30. The van der Waals surface area contributed by atoms with Crippen molar-refractivity contribution in [2.45, 2.75) is 71.1 Å². The van der Waals surface area contributed by atoms with Gasteiger partial charge >= 0.3 is 0 Å². The van der Waals surface area contributed by atoms with E-state index in [1.807, 2.05) is 14.2 Å². The molecular formula is C15H31NO2. The molecule has 1 aliphatic rings. The van der Waals surface area contributed by atoms with Gasteiger partial charge in [0.2, 0.25) is 0 Å². The summed E-state index contributed by atoms with van der Waals surface area (Å²) in [4.78, 5) is 0. The van der Waals surface area contributed by atoms with Crippen molar-refractivity contribution in [3.8, 4) is 0 Å². The first kappa shape index (κ1) is 15.9. The Morgan fingerprint density at radius 3 is 2.56 bits per heavy atom. The monoisotopic (exact) mass is 257 g/mol. The van der Waals surface area contributed by atoms with Crippen LogP contribution in [0.4, 0.5) is 0 Å². The van der Waals surface area contributed by atoms with Crippen molar-refractivity contribution in [3.63, 3.8) is 0 Å². The molecule has 0 amide bonds. The second kappa shape index (κ2) is 7.46. The van der Waals surface area contributed by atoms with E-state index in [2.05, 4.69) is 26.1 Å². The van der Waals surface area contributed by atoms with Crippen LogP contribution in [0.25, 0.3) is 0 Å². The van der Waals surface area contributed by atoms with E-state index in [4.69, 9.17) is 9.47 Å². The molecule has 0 bridgehead atoms. The van der Waals surface area contributed by atoms with Crippen LogP contribution in [0, 0.1) is 5.41 Å². The lowest BCUT2D eigenvalue weighted by Gasteiger charge is -2.36. The summed E-state index contributed by atoms with van der Waals surface area (Å²) < 4.78 is 11.4. The first-order valence-corrected chi connectivity index (χ1v) is 7.30. The van der Waals surface area contributed by atoms with Crippen LogP contribution in [0.3, 0.4) is 0 Å². The fourth-order valence-corrected chi connectivity index (χ4v) is 3.01. The van der Waals surface area contributed by atoms with Gasteiger partial charge in [0.15, 0.2) is 0 Å². The van der Waals surface area contributed by atoms with Crippen molar-refractivity contribution >= 4 is 0 Å². The average molecular weight is 257 g/mol. The minimum absolute atomic E-state index is 0.173. The first-order chi connectivity index (χ1) is 8.49. The predicted molar refractivity (Wildman–Crippen MR) is 75.9 cm³/mol. The van der Waals surface area contributed by atoms with Gasteiger partial charge in [-0.2, -0.15) is 0 Å². The van der Waals surface area contributed by atoms with E-state index >= 15 is 0 Å². The summed E-state index contributed by atoms with van der Waals surface area (Å²) in [5.41, 5.74) is 0.173. The standard InChI is InChI=1S/C15H31NO2/c1-15(2,3)14(17-5)13(16-4)10-6-8-12-9-7-11-18-12/h12-14,16H,6-11H2,1-5H3. The normalized spacial score (nSPS) is 24.2. The highest BCUT2D eigenvalue weighted by Crippen LogP contribution is 2.27. The van der Waals surface area contributed by atoms with E-state index < -0.39 is 0 Å². The van der Waals surface area contributed by atoms with Crippen molar-refractivity contribution in [1.29, 1.82) is 0 Å². The number of ether oxygens (including phenoxy) is 2. The van der Waals surface area contributed by atoms with Gasteiger partial charge in [-0.25, -0.2) is 0 Å². The Labute approximate surface area is 113 Å². The number of rotatable bonds is 7. The van der Waals surface area contributed by atoms with Gasteiger partial charge in [-0.3, -0.25) is 0 Å². The molecule has 1 heterocycles. The molecule has 3 unspecified atom stereocenters. The third-order valence-electron chi connectivity index (χ3n) is 3.91. The summed E-state index contributed by atoms with van der Waals surface area (Å²) in [5, 5.41) is 3.42. The molecule has 0 aromatic heterocycles. The quantitative estimate of drug-likeness (QED) is 0.760. The van der Waals surface area contributed by atoms with Gasteiger partial charge < -0.3 is 14.8 Å². The van der Waals surface area contributed by atoms with E-state index in [0.29, 0.717) is 12.1 Å². The molecule has 3 heteroatoms.